The molecule has 134 valence electrons. The van der Waals surface area contributed by atoms with Gasteiger partial charge in [0.1, 0.15) is 18.4 Å². The highest BCUT2D eigenvalue weighted by Crippen LogP contribution is 2.26. The van der Waals surface area contributed by atoms with Crippen molar-refractivity contribution in [2.24, 2.45) is 0 Å². The van der Waals surface area contributed by atoms with Crippen LogP contribution in [0.4, 0.5) is 5.69 Å². The summed E-state index contributed by atoms with van der Waals surface area (Å²) in [5.74, 6) is 0.254. The SMILES string of the molecule is Cc1ccc(Cl)c(OC(C)C(=O)Nc2ccc(Cn3cncn3)cc2)c1. The van der Waals surface area contributed by atoms with Crippen molar-refractivity contribution in [1.29, 1.82) is 0 Å². The highest BCUT2D eigenvalue weighted by molar-refractivity contribution is 6.32. The molecule has 0 saturated carbocycles. The maximum atomic E-state index is 12.4. The van der Waals surface area contributed by atoms with Crippen molar-refractivity contribution < 1.29 is 9.53 Å². The quantitative estimate of drug-likeness (QED) is 0.718. The van der Waals surface area contributed by atoms with Gasteiger partial charge in [0.2, 0.25) is 0 Å². The summed E-state index contributed by atoms with van der Waals surface area (Å²) in [6.45, 7) is 4.25. The summed E-state index contributed by atoms with van der Waals surface area (Å²) in [6.07, 6.45) is 2.48. The molecule has 1 aromatic heterocycles. The van der Waals surface area contributed by atoms with Crippen molar-refractivity contribution >= 4 is 23.2 Å². The molecule has 6 nitrogen and oxygen atoms in total. The van der Waals surface area contributed by atoms with E-state index in [0.717, 1.165) is 11.1 Å². The number of halogens is 1. The second-order valence-corrected chi connectivity index (χ2v) is 6.38. The molecule has 0 aliphatic rings. The number of amides is 1. The molecule has 0 saturated heterocycles. The fourth-order valence-electron chi connectivity index (χ4n) is 2.38. The van der Waals surface area contributed by atoms with Gasteiger partial charge in [-0.1, -0.05) is 29.8 Å². The number of hydrogen-bond donors (Lipinski definition) is 1. The standard InChI is InChI=1S/C19H19ClN4O2/c1-13-3-8-17(20)18(9-13)26-14(2)19(25)23-16-6-4-15(5-7-16)10-24-12-21-11-22-24/h3-9,11-12,14H,10H2,1-2H3,(H,23,25). The van der Waals surface area contributed by atoms with Gasteiger partial charge in [-0.25, -0.2) is 9.67 Å². The van der Waals surface area contributed by atoms with Crippen LogP contribution >= 0.6 is 11.6 Å². The van der Waals surface area contributed by atoms with Crippen molar-refractivity contribution in [3.05, 3.63) is 71.3 Å². The van der Waals surface area contributed by atoms with Crippen LogP contribution in [0.1, 0.15) is 18.1 Å². The van der Waals surface area contributed by atoms with Crippen LogP contribution < -0.4 is 10.1 Å². The van der Waals surface area contributed by atoms with E-state index in [1.54, 1.807) is 24.0 Å². The molecule has 1 heterocycles. The number of aromatic nitrogens is 3. The molecule has 1 N–H and O–H groups in total. The number of anilines is 1. The van der Waals surface area contributed by atoms with Crippen LogP contribution in [0.5, 0.6) is 5.75 Å². The summed E-state index contributed by atoms with van der Waals surface area (Å²) in [5.41, 5.74) is 2.77. The van der Waals surface area contributed by atoms with Crippen molar-refractivity contribution in [1.82, 2.24) is 14.8 Å². The molecule has 7 heteroatoms. The summed E-state index contributed by atoms with van der Waals surface area (Å²) in [5, 5.41) is 7.39. The molecule has 3 rings (SSSR count). The maximum Gasteiger partial charge on any atom is 0.265 e. The van der Waals surface area contributed by atoms with E-state index in [-0.39, 0.29) is 5.91 Å². The van der Waals surface area contributed by atoms with Gasteiger partial charge in [0.05, 0.1) is 11.6 Å². The molecule has 3 aromatic rings. The number of ether oxygens (including phenoxy) is 1. The zero-order valence-corrected chi connectivity index (χ0v) is 15.3. The average molecular weight is 371 g/mol. The number of benzene rings is 2. The van der Waals surface area contributed by atoms with Crippen LogP contribution in [0.25, 0.3) is 0 Å². The molecule has 1 amide bonds. The second kappa shape index (κ2) is 8.01. The van der Waals surface area contributed by atoms with Crippen LogP contribution in [0.15, 0.2) is 55.1 Å². The number of nitrogens with zero attached hydrogens (tertiary/aromatic N) is 3. The molecule has 2 aromatic carbocycles. The first-order valence-corrected chi connectivity index (χ1v) is 8.54. The normalized spacial score (nSPS) is 11.8. The summed E-state index contributed by atoms with van der Waals surface area (Å²) >= 11 is 6.11. The lowest BCUT2D eigenvalue weighted by Crippen LogP contribution is -2.30. The van der Waals surface area contributed by atoms with Crippen LogP contribution in [0.3, 0.4) is 0 Å². The smallest absolute Gasteiger partial charge is 0.265 e. The van der Waals surface area contributed by atoms with E-state index in [0.29, 0.717) is 23.0 Å². The minimum atomic E-state index is -0.677. The highest BCUT2D eigenvalue weighted by Gasteiger charge is 2.16. The summed E-state index contributed by atoms with van der Waals surface area (Å²) in [7, 11) is 0. The summed E-state index contributed by atoms with van der Waals surface area (Å²) in [6, 6.07) is 13.0. The Bertz CT molecular complexity index is 879. The molecule has 0 aliphatic carbocycles. The van der Waals surface area contributed by atoms with E-state index in [9.17, 15) is 4.79 Å². The first-order valence-electron chi connectivity index (χ1n) is 8.16. The van der Waals surface area contributed by atoms with Gasteiger partial charge >= 0.3 is 0 Å². The van der Waals surface area contributed by atoms with Gasteiger partial charge < -0.3 is 10.1 Å². The Morgan fingerprint density at radius 2 is 2.04 bits per heavy atom. The third-order valence-electron chi connectivity index (χ3n) is 3.79. The van der Waals surface area contributed by atoms with Gasteiger partial charge in [-0.2, -0.15) is 5.10 Å². The zero-order chi connectivity index (χ0) is 18.5. The predicted octanol–water partition coefficient (Wildman–Crippen LogP) is 3.69. The van der Waals surface area contributed by atoms with Gasteiger partial charge in [0.25, 0.3) is 5.91 Å². The first-order chi connectivity index (χ1) is 12.5. The van der Waals surface area contributed by atoms with E-state index >= 15 is 0 Å². The maximum absolute atomic E-state index is 12.4. The molecule has 1 unspecified atom stereocenters. The van der Waals surface area contributed by atoms with Gasteiger partial charge in [0, 0.05) is 5.69 Å². The Morgan fingerprint density at radius 1 is 1.27 bits per heavy atom. The van der Waals surface area contributed by atoms with Gasteiger partial charge in [0.15, 0.2) is 6.10 Å². The average Bonchev–Trinajstić information content (AvgIpc) is 3.13. The Balaban J connectivity index is 1.59. The molecule has 0 bridgehead atoms. The Labute approximate surface area is 156 Å². The first kappa shape index (κ1) is 17.9. The van der Waals surface area contributed by atoms with Crippen LogP contribution in [-0.2, 0) is 11.3 Å². The van der Waals surface area contributed by atoms with Crippen molar-refractivity contribution in [3.8, 4) is 5.75 Å². The fraction of sp³-hybridized carbons (Fsp3) is 0.211. The van der Waals surface area contributed by atoms with Gasteiger partial charge in [-0.3, -0.25) is 4.79 Å². The van der Waals surface area contributed by atoms with E-state index < -0.39 is 6.10 Å². The van der Waals surface area contributed by atoms with Crippen LogP contribution in [0.2, 0.25) is 5.02 Å². The van der Waals surface area contributed by atoms with E-state index in [2.05, 4.69) is 15.4 Å². The highest BCUT2D eigenvalue weighted by atomic mass is 35.5. The number of rotatable bonds is 6. The zero-order valence-electron chi connectivity index (χ0n) is 14.5. The Kier molecular flexibility index (Phi) is 5.53. The molecule has 0 aliphatic heterocycles. The predicted molar refractivity (Wildman–Crippen MR) is 100 cm³/mol. The molecule has 0 spiro atoms. The third-order valence-corrected chi connectivity index (χ3v) is 4.10. The van der Waals surface area contributed by atoms with Crippen molar-refractivity contribution in [2.45, 2.75) is 26.5 Å². The molecule has 0 fully saturated rings. The lowest BCUT2D eigenvalue weighted by atomic mass is 10.2. The van der Waals surface area contributed by atoms with Crippen LogP contribution in [-0.4, -0.2) is 26.8 Å². The largest absolute Gasteiger partial charge is 0.479 e. The molecule has 1 atom stereocenters. The number of aryl methyl sites for hydroxylation is 1. The molecule has 26 heavy (non-hydrogen) atoms. The summed E-state index contributed by atoms with van der Waals surface area (Å²) < 4.78 is 7.42. The minimum absolute atomic E-state index is 0.244. The van der Waals surface area contributed by atoms with E-state index in [4.69, 9.17) is 16.3 Å². The molecule has 0 radical (unpaired) electrons. The van der Waals surface area contributed by atoms with Gasteiger partial charge in [-0.15, -0.1) is 0 Å². The molecular weight excluding hydrogens is 352 g/mol. The number of carbonyl (C=O) groups is 1. The number of nitrogens with one attached hydrogen (secondary N) is 1. The Hall–Kier alpha value is -2.86. The van der Waals surface area contributed by atoms with Gasteiger partial charge in [-0.05, 0) is 49.2 Å². The summed E-state index contributed by atoms with van der Waals surface area (Å²) in [4.78, 5) is 16.3. The Morgan fingerprint density at radius 3 is 2.73 bits per heavy atom. The monoisotopic (exact) mass is 370 g/mol. The fourth-order valence-corrected chi connectivity index (χ4v) is 2.55. The number of hydrogen-bond acceptors (Lipinski definition) is 4. The minimum Gasteiger partial charge on any atom is -0.479 e. The lowest BCUT2D eigenvalue weighted by molar-refractivity contribution is -0.122. The van der Waals surface area contributed by atoms with Crippen molar-refractivity contribution in [2.75, 3.05) is 5.32 Å². The van der Waals surface area contributed by atoms with Crippen molar-refractivity contribution in [3.63, 3.8) is 0 Å². The second-order valence-electron chi connectivity index (χ2n) is 5.97. The number of carbonyl (C=O) groups excluding carboxylic acids is 1. The van der Waals surface area contributed by atoms with E-state index in [1.165, 1.54) is 6.33 Å². The topological polar surface area (TPSA) is 69.0 Å². The molecular formula is C19H19ClN4O2. The third kappa shape index (κ3) is 4.61. The van der Waals surface area contributed by atoms with E-state index in [1.807, 2.05) is 43.3 Å². The lowest BCUT2D eigenvalue weighted by Gasteiger charge is -2.16. The van der Waals surface area contributed by atoms with Crippen LogP contribution in [0, 0.1) is 6.92 Å².